The zero-order chi connectivity index (χ0) is 10.4. The van der Waals surface area contributed by atoms with Crippen molar-refractivity contribution in [1.82, 2.24) is 0 Å². The minimum Gasteiger partial charge on any atom is -0.291 e. The molecule has 0 aromatic rings. The summed E-state index contributed by atoms with van der Waals surface area (Å²) in [5.74, 6) is 0.812. The second-order valence-electron chi connectivity index (χ2n) is 5.09. The van der Waals surface area contributed by atoms with Gasteiger partial charge in [0, 0.05) is 11.8 Å². The van der Waals surface area contributed by atoms with Gasteiger partial charge >= 0.3 is 0 Å². The van der Waals surface area contributed by atoms with Gasteiger partial charge in [0.15, 0.2) is 0 Å². The Morgan fingerprint density at radius 2 is 1.86 bits per heavy atom. The van der Waals surface area contributed by atoms with Crippen molar-refractivity contribution >= 4 is 5.71 Å². The van der Waals surface area contributed by atoms with E-state index in [1.807, 2.05) is 0 Å². The second kappa shape index (κ2) is 6.21. The molecule has 0 atom stereocenters. The van der Waals surface area contributed by atoms with Gasteiger partial charge in [-0.2, -0.15) is 0 Å². The Morgan fingerprint density at radius 1 is 1.21 bits per heavy atom. The van der Waals surface area contributed by atoms with Crippen LogP contribution in [-0.4, -0.2) is 11.8 Å². The predicted octanol–water partition coefficient (Wildman–Crippen LogP) is 4.22. The first-order chi connectivity index (χ1) is 6.68. The first-order valence-electron chi connectivity index (χ1n) is 6.21. The lowest BCUT2D eigenvalue weighted by atomic mass is 9.95. The first-order valence-corrected chi connectivity index (χ1v) is 6.21. The molecule has 1 saturated carbocycles. The topological polar surface area (TPSA) is 12.4 Å². The fourth-order valence-electron chi connectivity index (χ4n) is 2.08. The highest BCUT2D eigenvalue weighted by Gasteiger charge is 2.11. The number of nitrogens with zero attached hydrogens (tertiary/aromatic N) is 1. The Morgan fingerprint density at radius 3 is 2.43 bits per heavy atom. The largest absolute Gasteiger partial charge is 0.291 e. The van der Waals surface area contributed by atoms with Gasteiger partial charge in [0.2, 0.25) is 0 Å². The van der Waals surface area contributed by atoms with E-state index in [0.29, 0.717) is 6.04 Å². The third-order valence-electron chi connectivity index (χ3n) is 3.06. The molecular weight excluding hydrogens is 170 g/mol. The highest BCUT2D eigenvalue weighted by Crippen LogP contribution is 2.20. The van der Waals surface area contributed by atoms with Gasteiger partial charge in [-0.15, -0.1) is 0 Å². The first kappa shape index (κ1) is 11.7. The number of hydrogen-bond donors (Lipinski definition) is 0. The van der Waals surface area contributed by atoms with E-state index in [4.69, 9.17) is 4.99 Å². The molecule has 0 saturated heterocycles. The molecule has 0 bridgehead atoms. The lowest BCUT2D eigenvalue weighted by Crippen LogP contribution is -2.12. The number of hydrogen-bond acceptors (Lipinski definition) is 1. The van der Waals surface area contributed by atoms with Crippen LogP contribution in [-0.2, 0) is 0 Å². The van der Waals surface area contributed by atoms with E-state index >= 15 is 0 Å². The molecule has 0 aliphatic heterocycles. The lowest BCUT2D eigenvalue weighted by Gasteiger charge is -2.18. The number of rotatable bonds is 4. The minimum absolute atomic E-state index is 0.663. The molecule has 1 rings (SSSR count). The second-order valence-corrected chi connectivity index (χ2v) is 5.09. The van der Waals surface area contributed by atoms with Crippen molar-refractivity contribution < 1.29 is 0 Å². The molecule has 0 unspecified atom stereocenters. The van der Waals surface area contributed by atoms with Crippen LogP contribution in [0.4, 0.5) is 0 Å². The van der Waals surface area contributed by atoms with Crippen molar-refractivity contribution in [2.75, 3.05) is 0 Å². The van der Waals surface area contributed by atoms with E-state index in [-0.39, 0.29) is 0 Å². The van der Waals surface area contributed by atoms with Crippen LogP contribution in [0.15, 0.2) is 4.99 Å². The Bertz CT molecular complexity index is 176. The molecule has 0 aromatic carbocycles. The van der Waals surface area contributed by atoms with Crippen LogP contribution >= 0.6 is 0 Å². The molecular formula is C13H25N. The Balaban J connectivity index is 2.26. The standard InChI is InChI=1S/C13H25N/c1-11(2)9-10-12(3)14-13-7-5-4-6-8-13/h11,13H,4-10H2,1-3H3. The van der Waals surface area contributed by atoms with Gasteiger partial charge in [0.05, 0.1) is 0 Å². The van der Waals surface area contributed by atoms with Crippen molar-refractivity contribution in [1.29, 1.82) is 0 Å². The molecule has 0 amide bonds. The molecule has 1 heteroatoms. The maximum absolute atomic E-state index is 4.82. The summed E-state index contributed by atoms with van der Waals surface area (Å²) in [6, 6.07) is 0.663. The molecule has 0 radical (unpaired) electrons. The van der Waals surface area contributed by atoms with Crippen LogP contribution in [0.25, 0.3) is 0 Å². The summed E-state index contributed by atoms with van der Waals surface area (Å²) in [6.45, 7) is 6.78. The maximum Gasteiger partial charge on any atom is 0.0498 e. The van der Waals surface area contributed by atoms with Gasteiger partial charge in [-0.3, -0.25) is 4.99 Å². The summed E-state index contributed by atoms with van der Waals surface area (Å²) in [5, 5.41) is 0. The van der Waals surface area contributed by atoms with E-state index in [1.54, 1.807) is 0 Å². The monoisotopic (exact) mass is 195 g/mol. The van der Waals surface area contributed by atoms with Gasteiger partial charge in [0.25, 0.3) is 0 Å². The summed E-state index contributed by atoms with van der Waals surface area (Å²) in [5.41, 5.74) is 1.38. The Hall–Kier alpha value is -0.330. The van der Waals surface area contributed by atoms with Crippen molar-refractivity contribution in [2.24, 2.45) is 10.9 Å². The van der Waals surface area contributed by atoms with E-state index in [9.17, 15) is 0 Å². The van der Waals surface area contributed by atoms with Gasteiger partial charge in [-0.25, -0.2) is 0 Å². The molecule has 0 aromatic heterocycles. The van der Waals surface area contributed by atoms with Crippen molar-refractivity contribution in [2.45, 2.75) is 71.8 Å². The summed E-state index contributed by atoms with van der Waals surface area (Å²) >= 11 is 0. The van der Waals surface area contributed by atoms with Crippen LogP contribution in [0.2, 0.25) is 0 Å². The molecule has 0 N–H and O–H groups in total. The molecule has 1 aliphatic carbocycles. The summed E-state index contributed by atoms with van der Waals surface area (Å²) < 4.78 is 0. The molecule has 0 heterocycles. The van der Waals surface area contributed by atoms with Crippen LogP contribution in [0, 0.1) is 5.92 Å². The lowest BCUT2D eigenvalue weighted by molar-refractivity contribution is 0.442. The Kier molecular flexibility index (Phi) is 5.21. The van der Waals surface area contributed by atoms with Crippen LogP contribution < -0.4 is 0 Å². The molecule has 0 spiro atoms. The third kappa shape index (κ3) is 4.78. The van der Waals surface area contributed by atoms with E-state index in [2.05, 4.69) is 20.8 Å². The zero-order valence-corrected chi connectivity index (χ0v) is 10.1. The Labute approximate surface area is 89.0 Å². The maximum atomic E-state index is 4.82. The van der Waals surface area contributed by atoms with E-state index < -0.39 is 0 Å². The van der Waals surface area contributed by atoms with Gasteiger partial charge in [-0.1, -0.05) is 33.1 Å². The zero-order valence-electron chi connectivity index (χ0n) is 10.1. The third-order valence-corrected chi connectivity index (χ3v) is 3.06. The molecule has 1 fully saturated rings. The fourth-order valence-corrected chi connectivity index (χ4v) is 2.08. The highest BCUT2D eigenvalue weighted by molar-refractivity contribution is 5.82. The smallest absolute Gasteiger partial charge is 0.0498 e. The minimum atomic E-state index is 0.663. The van der Waals surface area contributed by atoms with Gasteiger partial charge in [-0.05, 0) is 38.5 Å². The molecule has 82 valence electrons. The van der Waals surface area contributed by atoms with Crippen LogP contribution in [0.3, 0.4) is 0 Å². The van der Waals surface area contributed by atoms with Gasteiger partial charge < -0.3 is 0 Å². The number of aliphatic imine (C=N–C) groups is 1. The normalized spacial score (nSPS) is 20.4. The van der Waals surface area contributed by atoms with Crippen molar-refractivity contribution in [3.8, 4) is 0 Å². The highest BCUT2D eigenvalue weighted by atomic mass is 14.8. The molecule has 14 heavy (non-hydrogen) atoms. The average Bonchev–Trinajstić information content (AvgIpc) is 2.16. The van der Waals surface area contributed by atoms with Gasteiger partial charge in [0.1, 0.15) is 0 Å². The SMILES string of the molecule is CC(CCC(C)C)=NC1CCCCC1. The summed E-state index contributed by atoms with van der Waals surface area (Å²) in [7, 11) is 0. The fraction of sp³-hybridized carbons (Fsp3) is 0.923. The van der Waals surface area contributed by atoms with Crippen molar-refractivity contribution in [3.63, 3.8) is 0 Å². The quantitative estimate of drug-likeness (QED) is 0.596. The van der Waals surface area contributed by atoms with E-state index in [1.165, 1.54) is 50.7 Å². The summed E-state index contributed by atoms with van der Waals surface area (Å²) in [4.78, 5) is 4.82. The average molecular weight is 195 g/mol. The van der Waals surface area contributed by atoms with Crippen molar-refractivity contribution in [3.05, 3.63) is 0 Å². The predicted molar refractivity (Wildman–Crippen MR) is 64.1 cm³/mol. The molecule has 1 aliphatic rings. The van der Waals surface area contributed by atoms with Crippen LogP contribution in [0.1, 0.15) is 65.7 Å². The van der Waals surface area contributed by atoms with E-state index in [0.717, 1.165) is 5.92 Å². The molecule has 1 nitrogen and oxygen atoms in total. The van der Waals surface area contributed by atoms with Crippen LogP contribution in [0.5, 0.6) is 0 Å². The summed E-state index contributed by atoms with van der Waals surface area (Å²) in [6.07, 6.45) is 9.38.